The van der Waals surface area contributed by atoms with Gasteiger partial charge in [0.1, 0.15) is 5.82 Å². The molecular weight excluding hydrogens is 359 g/mol. The van der Waals surface area contributed by atoms with Gasteiger partial charge in [-0.3, -0.25) is 14.4 Å². The van der Waals surface area contributed by atoms with Crippen LogP contribution in [0.15, 0.2) is 60.0 Å². The van der Waals surface area contributed by atoms with Crippen molar-refractivity contribution in [3.63, 3.8) is 0 Å². The standard InChI is InChI=1S/C15H12ClFN2O4S/c1-2-9-18(12-5-8-15(17)14(16)10-12)24(22,23)13-6-3-11(4-7-13)19(20)21/h2-8,10H,1,9H2. The molecule has 0 atom stereocenters. The van der Waals surface area contributed by atoms with E-state index >= 15 is 0 Å². The van der Waals surface area contributed by atoms with E-state index in [0.717, 1.165) is 34.6 Å². The van der Waals surface area contributed by atoms with Crippen LogP contribution in [0, 0.1) is 15.9 Å². The van der Waals surface area contributed by atoms with Gasteiger partial charge in [-0.15, -0.1) is 6.58 Å². The largest absolute Gasteiger partial charge is 0.269 e. The summed E-state index contributed by atoms with van der Waals surface area (Å²) < 4.78 is 39.8. The predicted octanol–water partition coefficient (Wildman–Crippen LogP) is 3.77. The molecule has 0 saturated carbocycles. The summed E-state index contributed by atoms with van der Waals surface area (Å²) >= 11 is 5.71. The summed E-state index contributed by atoms with van der Waals surface area (Å²) in [7, 11) is -4.03. The van der Waals surface area contributed by atoms with Crippen molar-refractivity contribution in [3.8, 4) is 0 Å². The predicted molar refractivity (Wildman–Crippen MR) is 89.2 cm³/mol. The van der Waals surface area contributed by atoms with E-state index in [1.165, 1.54) is 18.2 Å². The highest BCUT2D eigenvalue weighted by Gasteiger charge is 2.25. The van der Waals surface area contributed by atoms with E-state index in [0.29, 0.717) is 0 Å². The molecule has 0 aliphatic carbocycles. The average molecular weight is 371 g/mol. The third-order valence-corrected chi connectivity index (χ3v) is 5.22. The second-order valence-electron chi connectivity index (χ2n) is 4.67. The fourth-order valence-electron chi connectivity index (χ4n) is 1.97. The van der Waals surface area contributed by atoms with Crippen LogP contribution in [0.25, 0.3) is 0 Å². The maximum atomic E-state index is 13.3. The molecule has 0 aliphatic rings. The summed E-state index contributed by atoms with van der Waals surface area (Å²) in [6.07, 6.45) is 1.36. The summed E-state index contributed by atoms with van der Waals surface area (Å²) in [5.41, 5.74) is -0.0753. The Morgan fingerprint density at radius 2 is 1.88 bits per heavy atom. The number of nitro benzene ring substituents is 1. The maximum Gasteiger partial charge on any atom is 0.269 e. The average Bonchev–Trinajstić information content (AvgIpc) is 2.55. The zero-order valence-corrected chi connectivity index (χ0v) is 13.8. The summed E-state index contributed by atoms with van der Waals surface area (Å²) in [5, 5.41) is 10.4. The quantitative estimate of drug-likeness (QED) is 0.440. The lowest BCUT2D eigenvalue weighted by molar-refractivity contribution is -0.384. The van der Waals surface area contributed by atoms with Gasteiger partial charge in [0.25, 0.3) is 15.7 Å². The molecule has 6 nitrogen and oxygen atoms in total. The van der Waals surface area contributed by atoms with Crippen molar-refractivity contribution in [1.82, 2.24) is 0 Å². The van der Waals surface area contributed by atoms with E-state index in [1.807, 2.05) is 0 Å². The lowest BCUT2D eigenvalue weighted by atomic mass is 10.3. The molecule has 0 aliphatic heterocycles. The number of halogens is 2. The van der Waals surface area contributed by atoms with Crippen LogP contribution in [0.3, 0.4) is 0 Å². The van der Waals surface area contributed by atoms with Crippen molar-refractivity contribution in [3.05, 3.63) is 76.1 Å². The van der Waals surface area contributed by atoms with E-state index in [1.54, 1.807) is 0 Å². The zero-order chi connectivity index (χ0) is 17.9. The van der Waals surface area contributed by atoms with Crippen LogP contribution in [0.2, 0.25) is 5.02 Å². The number of benzene rings is 2. The summed E-state index contributed by atoms with van der Waals surface area (Å²) in [4.78, 5) is 9.90. The van der Waals surface area contributed by atoms with Crippen molar-refractivity contribution in [2.45, 2.75) is 4.90 Å². The molecule has 0 saturated heterocycles. The fraction of sp³-hybridized carbons (Fsp3) is 0.0667. The molecule has 0 radical (unpaired) electrons. The van der Waals surface area contributed by atoms with Crippen LogP contribution < -0.4 is 4.31 Å². The lowest BCUT2D eigenvalue weighted by Crippen LogP contribution is -2.31. The molecule has 0 N–H and O–H groups in total. The molecule has 0 heterocycles. The zero-order valence-electron chi connectivity index (χ0n) is 12.2. The Bertz CT molecular complexity index is 885. The molecule has 0 aromatic heterocycles. The van der Waals surface area contributed by atoms with E-state index in [-0.39, 0.29) is 27.8 Å². The molecule has 0 fully saturated rings. The summed E-state index contributed by atoms with van der Waals surface area (Å²) in [6, 6.07) is 7.96. The van der Waals surface area contributed by atoms with Crippen molar-refractivity contribution in [2.75, 3.05) is 10.8 Å². The van der Waals surface area contributed by atoms with Gasteiger partial charge in [0, 0.05) is 12.1 Å². The maximum absolute atomic E-state index is 13.3. The molecule has 0 unspecified atom stereocenters. The highest BCUT2D eigenvalue weighted by molar-refractivity contribution is 7.92. The van der Waals surface area contributed by atoms with Crippen LogP contribution in [0.4, 0.5) is 15.8 Å². The minimum atomic E-state index is -4.03. The number of hydrogen-bond acceptors (Lipinski definition) is 4. The monoisotopic (exact) mass is 370 g/mol. The first-order valence-electron chi connectivity index (χ1n) is 6.60. The number of non-ortho nitro benzene ring substituents is 1. The molecule has 126 valence electrons. The topological polar surface area (TPSA) is 80.5 Å². The molecule has 2 aromatic carbocycles. The number of rotatable bonds is 6. The Balaban J connectivity index is 2.50. The van der Waals surface area contributed by atoms with Gasteiger partial charge in [-0.25, -0.2) is 12.8 Å². The van der Waals surface area contributed by atoms with Crippen LogP contribution in [-0.2, 0) is 10.0 Å². The van der Waals surface area contributed by atoms with Gasteiger partial charge in [0.15, 0.2) is 0 Å². The van der Waals surface area contributed by atoms with Crippen LogP contribution in [0.1, 0.15) is 0 Å². The minimum Gasteiger partial charge on any atom is -0.262 e. The minimum absolute atomic E-state index is 0.0821. The second kappa shape index (κ2) is 6.98. The van der Waals surface area contributed by atoms with Gasteiger partial charge in [0.05, 0.1) is 27.1 Å². The number of hydrogen-bond donors (Lipinski definition) is 0. The van der Waals surface area contributed by atoms with Crippen molar-refractivity contribution in [1.29, 1.82) is 0 Å². The molecule has 0 spiro atoms. The van der Waals surface area contributed by atoms with E-state index in [2.05, 4.69) is 6.58 Å². The van der Waals surface area contributed by atoms with E-state index in [4.69, 9.17) is 11.6 Å². The third-order valence-electron chi connectivity index (χ3n) is 3.12. The number of sulfonamides is 1. The first-order chi connectivity index (χ1) is 11.3. The Morgan fingerprint density at radius 3 is 2.38 bits per heavy atom. The second-order valence-corrected chi connectivity index (χ2v) is 6.94. The Hall–Kier alpha value is -2.45. The van der Waals surface area contributed by atoms with Gasteiger partial charge < -0.3 is 0 Å². The van der Waals surface area contributed by atoms with E-state index in [9.17, 15) is 22.9 Å². The molecular formula is C15H12ClFN2O4S. The lowest BCUT2D eigenvalue weighted by Gasteiger charge is -2.23. The van der Waals surface area contributed by atoms with Crippen molar-refractivity contribution >= 4 is 33.0 Å². The molecule has 2 aromatic rings. The first kappa shape index (κ1) is 17.9. The van der Waals surface area contributed by atoms with Crippen LogP contribution >= 0.6 is 11.6 Å². The van der Waals surface area contributed by atoms with Gasteiger partial charge in [0.2, 0.25) is 0 Å². The Morgan fingerprint density at radius 1 is 1.25 bits per heavy atom. The molecule has 0 bridgehead atoms. The number of nitrogens with zero attached hydrogens (tertiary/aromatic N) is 2. The summed E-state index contributed by atoms with van der Waals surface area (Å²) in [5.74, 6) is -0.674. The van der Waals surface area contributed by atoms with Gasteiger partial charge in [-0.1, -0.05) is 17.7 Å². The van der Waals surface area contributed by atoms with Gasteiger partial charge in [-0.05, 0) is 30.3 Å². The Kier molecular flexibility index (Phi) is 5.20. The molecule has 0 amide bonds. The number of nitro groups is 1. The molecule has 9 heteroatoms. The van der Waals surface area contributed by atoms with Gasteiger partial charge in [-0.2, -0.15) is 0 Å². The van der Waals surface area contributed by atoms with Crippen LogP contribution in [0.5, 0.6) is 0 Å². The first-order valence-corrected chi connectivity index (χ1v) is 8.42. The van der Waals surface area contributed by atoms with Crippen molar-refractivity contribution < 1.29 is 17.7 Å². The highest BCUT2D eigenvalue weighted by atomic mass is 35.5. The molecule has 24 heavy (non-hydrogen) atoms. The fourth-order valence-corrected chi connectivity index (χ4v) is 3.57. The van der Waals surface area contributed by atoms with Crippen LogP contribution in [-0.4, -0.2) is 19.9 Å². The summed E-state index contributed by atoms with van der Waals surface area (Å²) in [6.45, 7) is 3.43. The highest BCUT2D eigenvalue weighted by Crippen LogP contribution is 2.28. The van der Waals surface area contributed by atoms with Gasteiger partial charge >= 0.3 is 0 Å². The SMILES string of the molecule is C=CCN(c1ccc(F)c(Cl)c1)S(=O)(=O)c1ccc([N+](=O)[O-])cc1. The van der Waals surface area contributed by atoms with E-state index < -0.39 is 20.8 Å². The number of anilines is 1. The Labute approximate surface area is 143 Å². The third kappa shape index (κ3) is 3.55. The van der Waals surface area contributed by atoms with Crippen molar-refractivity contribution in [2.24, 2.45) is 0 Å². The molecule has 2 rings (SSSR count). The smallest absolute Gasteiger partial charge is 0.262 e. The normalized spacial score (nSPS) is 11.1.